The highest BCUT2D eigenvalue weighted by molar-refractivity contribution is 6.31. The second kappa shape index (κ2) is 6.26. The van der Waals surface area contributed by atoms with Gasteiger partial charge in [-0.2, -0.15) is 0 Å². The Morgan fingerprint density at radius 2 is 2.22 bits per heavy atom. The predicted molar refractivity (Wildman–Crippen MR) is 76.2 cm³/mol. The van der Waals surface area contributed by atoms with E-state index in [0.717, 1.165) is 22.9 Å². The molecular weight excluding hydrogens is 246 g/mol. The van der Waals surface area contributed by atoms with E-state index in [-0.39, 0.29) is 0 Å². The first kappa shape index (κ1) is 13.4. The van der Waals surface area contributed by atoms with E-state index in [1.807, 2.05) is 18.2 Å². The van der Waals surface area contributed by atoms with Crippen molar-refractivity contribution in [3.05, 3.63) is 40.4 Å². The molecule has 0 aliphatic heterocycles. The number of allylic oxidation sites excluding steroid dienone is 1. The molecule has 0 saturated heterocycles. The summed E-state index contributed by atoms with van der Waals surface area (Å²) in [6.45, 7) is 5.52. The van der Waals surface area contributed by atoms with Crippen LogP contribution in [0.3, 0.4) is 0 Å². The van der Waals surface area contributed by atoms with E-state index < -0.39 is 0 Å². The first-order valence-electron chi connectivity index (χ1n) is 6.44. The molecule has 3 heteroatoms. The molecule has 1 aliphatic carbocycles. The second-order valence-corrected chi connectivity index (χ2v) is 5.37. The lowest BCUT2D eigenvalue weighted by Gasteiger charge is -2.12. The Labute approximate surface area is 114 Å². The van der Waals surface area contributed by atoms with E-state index in [2.05, 4.69) is 25.2 Å². The van der Waals surface area contributed by atoms with Crippen molar-refractivity contribution in [2.75, 3.05) is 6.61 Å². The van der Waals surface area contributed by atoms with E-state index in [0.29, 0.717) is 12.6 Å². The minimum absolute atomic E-state index is 0.596. The fraction of sp³-hybridized carbons (Fsp3) is 0.467. The lowest BCUT2D eigenvalue weighted by atomic mass is 10.2. The molecule has 0 bridgehead atoms. The summed E-state index contributed by atoms with van der Waals surface area (Å²) in [5, 5.41) is 4.25. The molecule has 1 aromatic rings. The number of halogens is 1. The van der Waals surface area contributed by atoms with Gasteiger partial charge in [0.25, 0.3) is 0 Å². The van der Waals surface area contributed by atoms with E-state index in [1.54, 1.807) is 0 Å². The number of ether oxygens (including phenoxy) is 1. The van der Waals surface area contributed by atoms with Gasteiger partial charge in [0.2, 0.25) is 0 Å². The number of hydrogen-bond donors (Lipinski definition) is 1. The summed E-state index contributed by atoms with van der Waals surface area (Å²) >= 11 is 6.24. The van der Waals surface area contributed by atoms with Crippen molar-refractivity contribution in [2.45, 2.75) is 39.3 Å². The zero-order valence-corrected chi connectivity index (χ0v) is 11.8. The van der Waals surface area contributed by atoms with Crippen molar-refractivity contribution < 1.29 is 4.74 Å². The van der Waals surface area contributed by atoms with Gasteiger partial charge in [-0.15, -0.1) is 0 Å². The zero-order valence-electron chi connectivity index (χ0n) is 11.0. The Hall–Kier alpha value is -0.990. The zero-order chi connectivity index (χ0) is 13.0. The van der Waals surface area contributed by atoms with Gasteiger partial charge in [-0.25, -0.2) is 0 Å². The summed E-state index contributed by atoms with van der Waals surface area (Å²) < 4.78 is 5.78. The van der Waals surface area contributed by atoms with Gasteiger partial charge in [0, 0.05) is 23.2 Å². The van der Waals surface area contributed by atoms with Crippen LogP contribution in [0.2, 0.25) is 5.02 Å². The van der Waals surface area contributed by atoms with Crippen molar-refractivity contribution in [3.63, 3.8) is 0 Å². The summed E-state index contributed by atoms with van der Waals surface area (Å²) in [6.07, 6.45) is 4.62. The van der Waals surface area contributed by atoms with E-state index >= 15 is 0 Å². The third kappa shape index (κ3) is 4.04. The van der Waals surface area contributed by atoms with Crippen molar-refractivity contribution in [3.8, 4) is 5.75 Å². The van der Waals surface area contributed by atoms with Crippen molar-refractivity contribution in [2.24, 2.45) is 0 Å². The van der Waals surface area contributed by atoms with Gasteiger partial charge >= 0.3 is 0 Å². The lowest BCUT2D eigenvalue weighted by Crippen LogP contribution is -2.16. The highest BCUT2D eigenvalue weighted by Gasteiger charge is 2.21. The average Bonchev–Trinajstić information content (AvgIpc) is 3.11. The molecule has 2 nitrogen and oxygen atoms in total. The molecule has 2 rings (SSSR count). The van der Waals surface area contributed by atoms with Gasteiger partial charge in [-0.05, 0) is 44.9 Å². The first-order chi connectivity index (χ1) is 8.66. The maximum atomic E-state index is 6.24. The number of benzene rings is 1. The van der Waals surface area contributed by atoms with Crippen molar-refractivity contribution in [1.82, 2.24) is 5.32 Å². The van der Waals surface area contributed by atoms with Gasteiger partial charge in [-0.1, -0.05) is 23.2 Å². The Bertz CT molecular complexity index is 434. The van der Waals surface area contributed by atoms with Crippen LogP contribution >= 0.6 is 11.6 Å². The van der Waals surface area contributed by atoms with Gasteiger partial charge in [0.1, 0.15) is 12.4 Å². The molecule has 1 fully saturated rings. The van der Waals surface area contributed by atoms with Gasteiger partial charge < -0.3 is 10.1 Å². The van der Waals surface area contributed by atoms with Crippen LogP contribution in [0.25, 0.3) is 0 Å². The van der Waals surface area contributed by atoms with Crippen LogP contribution in [0.4, 0.5) is 0 Å². The quantitative estimate of drug-likeness (QED) is 0.787. The van der Waals surface area contributed by atoms with Gasteiger partial charge in [0.05, 0.1) is 0 Å². The summed E-state index contributed by atoms with van der Waals surface area (Å²) in [7, 11) is 0. The predicted octanol–water partition coefficient (Wildman–Crippen LogP) is 3.94. The van der Waals surface area contributed by atoms with Gasteiger partial charge in [0.15, 0.2) is 0 Å². The van der Waals surface area contributed by atoms with E-state index in [9.17, 15) is 0 Å². The molecule has 0 atom stereocenters. The van der Waals surface area contributed by atoms with Crippen LogP contribution < -0.4 is 10.1 Å². The van der Waals surface area contributed by atoms with Crippen LogP contribution in [0.5, 0.6) is 5.75 Å². The van der Waals surface area contributed by atoms with E-state index in [1.165, 1.54) is 18.4 Å². The van der Waals surface area contributed by atoms with E-state index in [4.69, 9.17) is 16.3 Å². The summed E-state index contributed by atoms with van der Waals surface area (Å²) in [4.78, 5) is 0. The molecule has 1 saturated carbocycles. The highest BCUT2D eigenvalue weighted by Crippen LogP contribution is 2.28. The molecule has 1 aliphatic rings. The first-order valence-corrected chi connectivity index (χ1v) is 6.81. The standard InChI is InChI=1S/C15H20ClNO/c1-11(2)8-9-18-15-5-3-4-14(16)13(15)10-17-12-6-7-12/h3-5,8,12,17H,6-7,9-10H2,1-2H3. The minimum atomic E-state index is 0.596. The third-order valence-corrected chi connectivity index (χ3v) is 3.31. The largest absolute Gasteiger partial charge is 0.489 e. The Morgan fingerprint density at radius 3 is 2.89 bits per heavy atom. The third-order valence-electron chi connectivity index (χ3n) is 2.95. The molecule has 0 radical (unpaired) electrons. The second-order valence-electron chi connectivity index (χ2n) is 4.96. The van der Waals surface area contributed by atoms with Gasteiger partial charge in [-0.3, -0.25) is 0 Å². The Kier molecular flexibility index (Phi) is 4.67. The number of hydrogen-bond acceptors (Lipinski definition) is 2. The summed E-state index contributed by atoms with van der Waals surface area (Å²) in [5.41, 5.74) is 2.32. The molecule has 18 heavy (non-hydrogen) atoms. The fourth-order valence-electron chi connectivity index (χ4n) is 1.68. The fourth-order valence-corrected chi connectivity index (χ4v) is 1.91. The summed E-state index contributed by atoms with van der Waals surface area (Å²) in [6, 6.07) is 6.50. The normalized spacial score (nSPS) is 14.4. The smallest absolute Gasteiger partial charge is 0.125 e. The molecule has 1 aromatic carbocycles. The number of rotatable bonds is 6. The molecule has 0 unspecified atom stereocenters. The maximum absolute atomic E-state index is 6.24. The Balaban J connectivity index is 2.01. The molecule has 1 N–H and O–H groups in total. The summed E-state index contributed by atoms with van der Waals surface area (Å²) in [5.74, 6) is 0.883. The van der Waals surface area contributed by atoms with Crippen LogP contribution in [0, 0.1) is 0 Å². The molecule has 0 heterocycles. The van der Waals surface area contributed by atoms with Crippen LogP contribution in [0.15, 0.2) is 29.8 Å². The van der Waals surface area contributed by atoms with Crippen molar-refractivity contribution in [1.29, 1.82) is 0 Å². The molecule has 0 aromatic heterocycles. The Morgan fingerprint density at radius 1 is 1.44 bits per heavy atom. The van der Waals surface area contributed by atoms with Crippen molar-refractivity contribution >= 4 is 11.6 Å². The lowest BCUT2D eigenvalue weighted by molar-refractivity contribution is 0.356. The molecule has 0 amide bonds. The average molecular weight is 266 g/mol. The SMILES string of the molecule is CC(C)=CCOc1cccc(Cl)c1CNC1CC1. The molecule has 0 spiro atoms. The highest BCUT2D eigenvalue weighted by atomic mass is 35.5. The maximum Gasteiger partial charge on any atom is 0.125 e. The minimum Gasteiger partial charge on any atom is -0.489 e. The number of nitrogens with one attached hydrogen (secondary N) is 1. The topological polar surface area (TPSA) is 21.3 Å². The molecule has 98 valence electrons. The molecular formula is C15H20ClNO. The monoisotopic (exact) mass is 265 g/mol. The van der Waals surface area contributed by atoms with Crippen LogP contribution in [-0.4, -0.2) is 12.6 Å². The van der Waals surface area contributed by atoms with Crippen LogP contribution in [-0.2, 0) is 6.54 Å². The van der Waals surface area contributed by atoms with Crippen LogP contribution in [0.1, 0.15) is 32.3 Å².